The zero-order valence-corrected chi connectivity index (χ0v) is 16.6. The molecule has 0 aliphatic heterocycles. The zero-order valence-electron chi connectivity index (χ0n) is 16.6. The molecule has 1 aromatic heterocycles. The minimum atomic E-state index is -4.35. The lowest BCUT2D eigenvalue weighted by molar-refractivity contribution is -0.153. The number of rotatable bonds is 8. The van der Waals surface area contributed by atoms with Crippen LogP contribution in [0.15, 0.2) is 47.6 Å². The molecule has 1 aromatic carbocycles. The van der Waals surface area contributed by atoms with Crippen molar-refractivity contribution in [1.82, 2.24) is 15.6 Å². The molecule has 0 saturated carbocycles. The van der Waals surface area contributed by atoms with Gasteiger partial charge in [0.1, 0.15) is 5.75 Å². The molecule has 0 spiro atoms. The molecule has 6 nitrogen and oxygen atoms in total. The van der Waals surface area contributed by atoms with Gasteiger partial charge in [-0.25, -0.2) is 4.98 Å². The standard InChI is InChI=1S/C20H25F3N4O2/c1-14(2)29-18-9-6-16(11-25-18)12-27-19(24-3)26-10-15-4-7-17(8-5-15)28-13-20(21,22)23/h4-9,11,14H,10,12-13H2,1-3H3,(H2,24,26,27). The summed E-state index contributed by atoms with van der Waals surface area (Å²) in [5.74, 6) is 1.34. The lowest BCUT2D eigenvalue weighted by atomic mass is 10.2. The minimum Gasteiger partial charge on any atom is -0.484 e. The summed E-state index contributed by atoms with van der Waals surface area (Å²) in [7, 11) is 1.65. The number of nitrogens with zero attached hydrogens (tertiary/aromatic N) is 2. The molecule has 0 radical (unpaired) electrons. The summed E-state index contributed by atoms with van der Waals surface area (Å²) in [6.45, 7) is 3.56. The van der Waals surface area contributed by atoms with Crippen LogP contribution in [0.5, 0.6) is 11.6 Å². The van der Waals surface area contributed by atoms with Gasteiger partial charge in [0, 0.05) is 32.4 Å². The summed E-state index contributed by atoms with van der Waals surface area (Å²) in [6, 6.07) is 10.1. The Balaban J connectivity index is 1.78. The van der Waals surface area contributed by atoms with Gasteiger partial charge in [0.2, 0.25) is 5.88 Å². The normalized spacial score (nSPS) is 12.0. The molecular weight excluding hydrogens is 385 g/mol. The Morgan fingerprint density at radius 2 is 1.66 bits per heavy atom. The largest absolute Gasteiger partial charge is 0.484 e. The molecule has 29 heavy (non-hydrogen) atoms. The van der Waals surface area contributed by atoms with Crippen LogP contribution in [-0.2, 0) is 13.1 Å². The highest BCUT2D eigenvalue weighted by Crippen LogP contribution is 2.18. The molecule has 0 amide bonds. The summed E-state index contributed by atoms with van der Waals surface area (Å²) in [5.41, 5.74) is 1.85. The molecule has 158 valence electrons. The molecule has 1 heterocycles. The van der Waals surface area contributed by atoms with Gasteiger partial charge >= 0.3 is 6.18 Å². The highest BCUT2D eigenvalue weighted by atomic mass is 19.4. The quantitative estimate of drug-likeness (QED) is 0.513. The highest BCUT2D eigenvalue weighted by molar-refractivity contribution is 5.79. The van der Waals surface area contributed by atoms with Gasteiger partial charge in [0.15, 0.2) is 12.6 Å². The third-order valence-electron chi connectivity index (χ3n) is 3.62. The van der Waals surface area contributed by atoms with E-state index < -0.39 is 12.8 Å². The van der Waals surface area contributed by atoms with Crippen LogP contribution in [0.25, 0.3) is 0 Å². The van der Waals surface area contributed by atoms with E-state index in [1.807, 2.05) is 26.0 Å². The minimum absolute atomic E-state index is 0.0692. The number of ether oxygens (including phenoxy) is 2. The van der Waals surface area contributed by atoms with Gasteiger partial charge in [0.05, 0.1) is 6.10 Å². The predicted octanol–water partition coefficient (Wildman–Crippen LogP) is 3.68. The Morgan fingerprint density at radius 1 is 1.03 bits per heavy atom. The average molecular weight is 410 g/mol. The van der Waals surface area contributed by atoms with E-state index in [9.17, 15) is 13.2 Å². The Morgan fingerprint density at radius 3 is 2.17 bits per heavy atom. The lowest BCUT2D eigenvalue weighted by Crippen LogP contribution is -2.36. The van der Waals surface area contributed by atoms with Gasteiger partial charge < -0.3 is 20.1 Å². The highest BCUT2D eigenvalue weighted by Gasteiger charge is 2.28. The maximum absolute atomic E-state index is 12.2. The number of pyridine rings is 1. The number of aromatic nitrogens is 1. The Labute approximate surface area is 168 Å². The number of hydrogen-bond donors (Lipinski definition) is 2. The van der Waals surface area contributed by atoms with E-state index in [4.69, 9.17) is 9.47 Å². The third kappa shape index (κ3) is 8.71. The monoisotopic (exact) mass is 410 g/mol. The third-order valence-corrected chi connectivity index (χ3v) is 3.62. The van der Waals surface area contributed by atoms with Gasteiger partial charge in [0.25, 0.3) is 0 Å². The van der Waals surface area contributed by atoms with Crippen molar-refractivity contribution in [3.8, 4) is 11.6 Å². The first-order valence-electron chi connectivity index (χ1n) is 9.10. The topological polar surface area (TPSA) is 67.8 Å². The molecule has 0 atom stereocenters. The zero-order chi connectivity index (χ0) is 21.3. The van der Waals surface area contributed by atoms with Crippen molar-refractivity contribution in [3.63, 3.8) is 0 Å². The number of hydrogen-bond acceptors (Lipinski definition) is 4. The van der Waals surface area contributed by atoms with E-state index in [-0.39, 0.29) is 11.9 Å². The summed E-state index contributed by atoms with van der Waals surface area (Å²) in [6.07, 6.45) is -2.55. The summed E-state index contributed by atoms with van der Waals surface area (Å²) >= 11 is 0. The van der Waals surface area contributed by atoms with Crippen molar-refractivity contribution in [1.29, 1.82) is 0 Å². The number of nitrogens with one attached hydrogen (secondary N) is 2. The molecule has 0 saturated heterocycles. The fourth-order valence-corrected chi connectivity index (χ4v) is 2.29. The van der Waals surface area contributed by atoms with E-state index in [2.05, 4.69) is 20.6 Å². The van der Waals surface area contributed by atoms with E-state index >= 15 is 0 Å². The summed E-state index contributed by atoms with van der Waals surface area (Å²) < 4.78 is 46.7. The maximum Gasteiger partial charge on any atom is 0.422 e. The van der Waals surface area contributed by atoms with Gasteiger partial charge in [-0.15, -0.1) is 0 Å². The average Bonchev–Trinajstić information content (AvgIpc) is 2.67. The van der Waals surface area contributed by atoms with Crippen LogP contribution >= 0.6 is 0 Å². The van der Waals surface area contributed by atoms with Crippen molar-refractivity contribution in [2.24, 2.45) is 4.99 Å². The molecule has 0 fully saturated rings. The van der Waals surface area contributed by atoms with Crippen LogP contribution in [0.1, 0.15) is 25.0 Å². The Bertz CT molecular complexity index is 776. The van der Waals surface area contributed by atoms with Crippen LogP contribution in [0.4, 0.5) is 13.2 Å². The molecule has 0 bridgehead atoms. The summed E-state index contributed by atoms with van der Waals surface area (Å²) in [4.78, 5) is 8.40. The van der Waals surface area contributed by atoms with Crippen molar-refractivity contribution in [2.75, 3.05) is 13.7 Å². The molecule has 2 aromatic rings. The van der Waals surface area contributed by atoms with E-state index in [0.717, 1.165) is 11.1 Å². The van der Waals surface area contributed by atoms with Crippen LogP contribution in [0.2, 0.25) is 0 Å². The van der Waals surface area contributed by atoms with Crippen molar-refractivity contribution >= 4 is 5.96 Å². The second-order valence-corrected chi connectivity index (χ2v) is 6.50. The van der Waals surface area contributed by atoms with Gasteiger partial charge in [-0.2, -0.15) is 13.2 Å². The number of guanidine groups is 1. The van der Waals surface area contributed by atoms with Gasteiger partial charge in [-0.1, -0.05) is 18.2 Å². The number of aliphatic imine (C=N–C) groups is 1. The van der Waals surface area contributed by atoms with Crippen LogP contribution < -0.4 is 20.1 Å². The predicted molar refractivity (Wildman–Crippen MR) is 105 cm³/mol. The van der Waals surface area contributed by atoms with Crippen molar-refractivity contribution in [3.05, 3.63) is 53.7 Å². The first-order valence-corrected chi connectivity index (χ1v) is 9.10. The second-order valence-electron chi connectivity index (χ2n) is 6.50. The maximum atomic E-state index is 12.2. The van der Waals surface area contributed by atoms with Crippen LogP contribution in [-0.4, -0.2) is 36.9 Å². The molecule has 0 unspecified atom stereocenters. The molecule has 0 aliphatic rings. The van der Waals surface area contributed by atoms with Crippen molar-refractivity contribution in [2.45, 2.75) is 39.2 Å². The molecule has 9 heteroatoms. The molecular formula is C20H25F3N4O2. The van der Waals surface area contributed by atoms with Crippen LogP contribution in [0, 0.1) is 0 Å². The molecule has 2 N–H and O–H groups in total. The van der Waals surface area contributed by atoms with Crippen LogP contribution in [0.3, 0.4) is 0 Å². The number of alkyl halides is 3. The fourth-order valence-electron chi connectivity index (χ4n) is 2.29. The SMILES string of the molecule is CN=C(NCc1ccc(OCC(F)(F)F)cc1)NCc1ccc(OC(C)C)nc1. The Hall–Kier alpha value is -2.97. The van der Waals surface area contributed by atoms with Gasteiger partial charge in [-0.05, 0) is 37.1 Å². The van der Waals surface area contributed by atoms with Crippen molar-refractivity contribution < 1.29 is 22.6 Å². The second kappa shape index (κ2) is 10.5. The van der Waals surface area contributed by atoms with E-state index in [1.165, 1.54) is 12.1 Å². The molecule has 2 rings (SSSR count). The summed E-state index contributed by atoms with van der Waals surface area (Å²) in [5, 5.41) is 6.32. The number of halogens is 3. The van der Waals surface area contributed by atoms with Gasteiger partial charge in [-0.3, -0.25) is 4.99 Å². The fraction of sp³-hybridized carbons (Fsp3) is 0.400. The van der Waals surface area contributed by atoms with E-state index in [1.54, 1.807) is 25.4 Å². The first-order chi connectivity index (χ1) is 13.7. The lowest BCUT2D eigenvalue weighted by Gasteiger charge is -2.13. The first kappa shape index (κ1) is 22.3. The number of benzene rings is 1. The Kier molecular flexibility index (Phi) is 8.11. The molecule has 0 aliphatic carbocycles. The smallest absolute Gasteiger partial charge is 0.422 e. The van der Waals surface area contributed by atoms with E-state index in [0.29, 0.717) is 24.9 Å².